The van der Waals surface area contributed by atoms with Crippen LogP contribution in [0.1, 0.15) is 36.0 Å². The summed E-state index contributed by atoms with van der Waals surface area (Å²) < 4.78 is 17.3. The Bertz CT molecular complexity index is 1000. The molecule has 0 radical (unpaired) electrons. The molecule has 3 unspecified atom stereocenters. The molecule has 1 aromatic carbocycles. The molecule has 0 saturated heterocycles. The summed E-state index contributed by atoms with van der Waals surface area (Å²) in [5.41, 5.74) is 2.86. The van der Waals surface area contributed by atoms with Crippen molar-refractivity contribution in [1.82, 2.24) is 4.98 Å². The van der Waals surface area contributed by atoms with Crippen LogP contribution in [-0.4, -0.2) is 29.6 Å². The molecular formula is C21H20N2O5. The molecule has 3 atom stereocenters. The topological polar surface area (TPSA) is 86.8 Å². The number of aromatic nitrogens is 1. The second-order valence-corrected chi connectivity index (χ2v) is 7.33. The van der Waals surface area contributed by atoms with E-state index in [1.807, 2.05) is 19.1 Å². The Morgan fingerprint density at radius 1 is 1.36 bits per heavy atom. The molecule has 28 heavy (non-hydrogen) atoms. The summed E-state index contributed by atoms with van der Waals surface area (Å²) in [5.74, 6) is 2.32. The molecular weight excluding hydrogens is 360 g/mol. The zero-order valence-electron chi connectivity index (χ0n) is 15.7. The molecule has 3 aliphatic rings. The van der Waals surface area contributed by atoms with E-state index in [-0.39, 0.29) is 29.8 Å². The first kappa shape index (κ1) is 17.0. The Kier molecular flexibility index (Phi) is 3.79. The van der Waals surface area contributed by atoms with Crippen molar-refractivity contribution in [3.05, 3.63) is 41.1 Å². The lowest BCUT2D eigenvalue weighted by molar-refractivity contribution is -0.145. The molecule has 1 aromatic heterocycles. The summed E-state index contributed by atoms with van der Waals surface area (Å²) in [4.78, 5) is 27.9. The van der Waals surface area contributed by atoms with Gasteiger partial charge in [-0.15, -0.1) is 0 Å². The quantitative estimate of drug-likeness (QED) is 0.820. The fraction of sp³-hybridized carbons (Fsp3) is 0.381. The number of nitrogens with zero attached hydrogens (tertiary/aromatic N) is 1. The predicted octanol–water partition coefficient (Wildman–Crippen LogP) is 3.10. The zero-order chi connectivity index (χ0) is 19.4. The molecule has 7 heteroatoms. The Labute approximate surface area is 162 Å². The molecule has 1 aliphatic carbocycles. The van der Waals surface area contributed by atoms with E-state index in [1.165, 1.54) is 0 Å². The Morgan fingerprint density at radius 3 is 3.04 bits per heavy atom. The average Bonchev–Trinajstić information content (AvgIpc) is 3.26. The lowest BCUT2D eigenvalue weighted by Gasteiger charge is -2.19. The van der Waals surface area contributed by atoms with Gasteiger partial charge in [0.25, 0.3) is 0 Å². The Balaban J connectivity index is 1.43. The van der Waals surface area contributed by atoms with Crippen LogP contribution in [0.2, 0.25) is 0 Å². The van der Waals surface area contributed by atoms with E-state index >= 15 is 0 Å². The zero-order valence-corrected chi connectivity index (χ0v) is 15.7. The minimum Gasteiger partial charge on any atom is -0.488 e. The summed E-state index contributed by atoms with van der Waals surface area (Å²) >= 11 is 0. The number of rotatable bonds is 4. The maximum absolute atomic E-state index is 12.1. The summed E-state index contributed by atoms with van der Waals surface area (Å²) in [5, 5.41) is 2.78. The maximum Gasteiger partial charge on any atom is 0.313 e. The van der Waals surface area contributed by atoms with E-state index in [2.05, 4.69) is 10.3 Å². The molecule has 7 nitrogen and oxygen atoms in total. The number of carbonyl (C=O) groups is 2. The lowest BCUT2D eigenvalue weighted by Crippen LogP contribution is -2.20. The molecule has 2 aromatic rings. The second-order valence-electron chi connectivity index (χ2n) is 7.33. The number of aryl methyl sites for hydroxylation is 1. The first-order valence-corrected chi connectivity index (χ1v) is 9.50. The minimum absolute atomic E-state index is 0.0296. The van der Waals surface area contributed by atoms with Crippen LogP contribution in [0.25, 0.3) is 0 Å². The molecule has 1 saturated carbocycles. The SMILES string of the molecule is CCOC(=O)C1C2Oc3c(C)cc(Oc4ccnc5c4CCC(=O)N5)cc3C21. The molecule has 0 bridgehead atoms. The highest BCUT2D eigenvalue weighted by Gasteiger charge is 2.63. The monoisotopic (exact) mass is 380 g/mol. The van der Waals surface area contributed by atoms with Crippen LogP contribution in [-0.2, 0) is 20.7 Å². The number of anilines is 1. The first-order valence-electron chi connectivity index (χ1n) is 9.50. The van der Waals surface area contributed by atoms with Crippen molar-refractivity contribution in [1.29, 1.82) is 0 Å². The molecule has 2 aliphatic heterocycles. The first-order chi connectivity index (χ1) is 13.6. The minimum atomic E-state index is -0.231. The third kappa shape index (κ3) is 2.61. The maximum atomic E-state index is 12.1. The van der Waals surface area contributed by atoms with Gasteiger partial charge in [-0.1, -0.05) is 0 Å². The van der Waals surface area contributed by atoms with Crippen LogP contribution in [0.15, 0.2) is 24.4 Å². The van der Waals surface area contributed by atoms with Crippen LogP contribution >= 0.6 is 0 Å². The molecule has 3 heterocycles. The largest absolute Gasteiger partial charge is 0.488 e. The molecule has 144 valence electrons. The number of fused-ring (bicyclic) bond motifs is 4. The number of benzene rings is 1. The van der Waals surface area contributed by atoms with E-state index in [1.54, 1.807) is 19.2 Å². The summed E-state index contributed by atoms with van der Waals surface area (Å²) in [6.07, 6.45) is 2.49. The third-order valence-corrected chi connectivity index (χ3v) is 5.50. The van der Waals surface area contributed by atoms with Crippen molar-refractivity contribution in [2.75, 3.05) is 11.9 Å². The fourth-order valence-electron chi connectivity index (χ4n) is 4.17. The van der Waals surface area contributed by atoms with E-state index in [0.29, 0.717) is 36.8 Å². The van der Waals surface area contributed by atoms with Crippen molar-refractivity contribution in [3.63, 3.8) is 0 Å². The molecule has 1 amide bonds. The van der Waals surface area contributed by atoms with Crippen LogP contribution in [0.3, 0.4) is 0 Å². The van der Waals surface area contributed by atoms with Gasteiger partial charge in [-0.2, -0.15) is 0 Å². The van der Waals surface area contributed by atoms with Crippen LogP contribution < -0.4 is 14.8 Å². The van der Waals surface area contributed by atoms with Crippen molar-refractivity contribution in [2.24, 2.45) is 5.92 Å². The van der Waals surface area contributed by atoms with Crippen molar-refractivity contribution in [2.45, 2.75) is 38.7 Å². The Morgan fingerprint density at radius 2 is 2.21 bits per heavy atom. The van der Waals surface area contributed by atoms with E-state index in [9.17, 15) is 9.59 Å². The third-order valence-electron chi connectivity index (χ3n) is 5.50. The number of ether oxygens (including phenoxy) is 3. The molecule has 0 spiro atoms. The van der Waals surface area contributed by atoms with Gasteiger partial charge in [0.2, 0.25) is 5.91 Å². The van der Waals surface area contributed by atoms with E-state index < -0.39 is 0 Å². The molecule has 1 N–H and O–H groups in total. The fourth-order valence-corrected chi connectivity index (χ4v) is 4.17. The van der Waals surface area contributed by atoms with E-state index in [4.69, 9.17) is 14.2 Å². The van der Waals surface area contributed by atoms with Gasteiger partial charge in [-0.25, -0.2) is 4.98 Å². The molecule has 5 rings (SSSR count). The van der Waals surface area contributed by atoms with Gasteiger partial charge in [0.1, 0.15) is 35.1 Å². The highest BCUT2D eigenvalue weighted by molar-refractivity contribution is 5.93. The van der Waals surface area contributed by atoms with Crippen molar-refractivity contribution >= 4 is 17.7 Å². The summed E-state index contributed by atoms with van der Waals surface area (Å²) in [7, 11) is 0. The van der Waals surface area contributed by atoms with Crippen molar-refractivity contribution in [3.8, 4) is 17.2 Å². The lowest BCUT2D eigenvalue weighted by atomic mass is 10.0. The Hall–Kier alpha value is -3.09. The number of pyridine rings is 1. The number of nitrogens with one attached hydrogen (secondary N) is 1. The number of amides is 1. The number of hydrogen-bond acceptors (Lipinski definition) is 6. The van der Waals surface area contributed by atoms with Gasteiger partial charge in [0, 0.05) is 29.7 Å². The number of carbonyl (C=O) groups excluding carboxylic acids is 2. The van der Waals surface area contributed by atoms with Crippen LogP contribution in [0, 0.1) is 12.8 Å². The van der Waals surface area contributed by atoms with Gasteiger partial charge < -0.3 is 19.5 Å². The molecule has 1 fully saturated rings. The number of esters is 1. The summed E-state index contributed by atoms with van der Waals surface area (Å²) in [6.45, 7) is 4.14. The van der Waals surface area contributed by atoms with Crippen molar-refractivity contribution < 1.29 is 23.8 Å². The van der Waals surface area contributed by atoms with E-state index in [0.717, 1.165) is 22.4 Å². The second kappa shape index (κ2) is 6.22. The van der Waals surface area contributed by atoms with Gasteiger partial charge in [-0.3, -0.25) is 9.59 Å². The van der Waals surface area contributed by atoms with Gasteiger partial charge >= 0.3 is 5.97 Å². The highest BCUT2D eigenvalue weighted by Crippen LogP contribution is 2.60. The normalized spacial score (nSPS) is 23.6. The average molecular weight is 380 g/mol. The summed E-state index contributed by atoms with van der Waals surface area (Å²) in [6, 6.07) is 5.67. The smallest absolute Gasteiger partial charge is 0.313 e. The standard InChI is InChI=1S/C21H20N2O5/c1-3-26-21(25)17-16-13-9-11(8-10(2)18(13)28-19(16)17)27-14-6-7-22-20-12(14)4-5-15(24)23-20/h6-9,16-17,19H,3-5H2,1-2H3,(H,22,23,24). The van der Waals surface area contributed by atoms with Gasteiger partial charge in [0.15, 0.2) is 0 Å². The van der Waals surface area contributed by atoms with Gasteiger partial charge in [0.05, 0.1) is 6.61 Å². The van der Waals surface area contributed by atoms with Crippen LogP contribution in [0.4, 0.5) is 5.82 Å². The highest BCUT2D eigenvalue weighted by atomic mass is 16.5. The number of hydrogen-bond donors (Lipinski definition) is 1. The predicted molar refractivity (Wildman–Crippen MR) is 99.7 cm³/mol. The van der Waals surface area contributed by atoms with Gasteiger partial charge in [-0.05, 0) is 44.0 Å². The van der Waals surface area contributed by atoms with Crippen LogP contribution in [0.5, 0.6) is 17.2 Å².